The average Bonchev–Trinajstić information content (AvgIpc) is 2.67. The van der Waals surface area contributed by atoms with Gasteiger partial charge in [0.1, 0.15) is 12.1 Å². The lowest BCUT2D eigenvalue weighted by Crippen LogP contribution is -2.17. The second-order valence-electron chi connectivity index (χ2n) is 6.43. The van der Waals surface area contributed by atoms with Crippen LogP contribution in [0.4, 0.5) is 17.2 Å². The van der Waals surface area contributed by atoms with Gasteiger partial charge in [-0.1, -0.05) is 18.2 Å². The maximum absolute atomic E-state index is 10.7. The van der Waals surface area contributed by atoms with Crippen LogP contribution in [0.3, 0.4) is 0 Å². The second-order valence-corrected chi connectivity index (χ2v) is 7.21. The van der Waals surface area contributed by atoms with Gasteiger partial charge in [-0.15, -0.1) is 0 Å². The molecule has 5 N–H and O–H groups in total. The van der Waals surface area contributed by atoms with Gasteiger partial charge in [0.05, 0.1) is 5.69 Å². The lowest BCUT2D eigenvalue weighted by Gasteiger charge is -2.11. The summed E-state index contributed by atoms with van der Waals surface area (Å²) < 4.78 is 21.9. The van der Waals surface area contributed by atoms with Crippen molar-refractivity contribution in [1.29, 1.82) is 0 Å². The highest BCUT2D eigenvalue weighted by Crippen LogP contribution is 2.24. The summed E-state index contributed by atoms with van der Waals surface area (Å²) in [4.78, 5) is 8.63. The third-order valence-electron chi connectivity index (χ3n) is 4.32. The van der Waals surface area contributed by atoms with E-state index >= 15 is 0 Å². The number of nitrogen functional groups attached to an aromatic ring is 1. The van der Waals surface area contributed by atoms with Crippen molar-refractivity contribution in [3.05, 3.63) is 66.0 Å². The minimum absolute atomic E-state index is 0.482. The summed E-state index contributed by atoms with van der Waals surface area (Å²) in [6.07, 6.45) is 3.10. The fourth-order valence-electron chi connectivity index (χ4n) is 2.89. The molecular weight excluding hydrogens is 374 g/mol. The highest BCUT2D eigenvalue weighted by atomic mass is 32.2. The van der Waals surface area contributed by atoms with Crippen LogP contribution in [-0.4, -0.2) is 25.3 Å². The molecule has 0 aliphatic rings. The largest absolute Gasteiger partial charge is 0.399 e. The summed E-state index contributed by atoms with van der Waals surface area (Å²) in [7, 11) is 0. The molecule has 146 valence electrons. The molecule has 8 heteroatoms. The molecule has 0 amide bonds. The number of anilines is 3. The van der Waals surface area contributed by atoms with E-state index in [0.717, 1.165) is 29.8 Å². The van der Waals surface area contributed by atoms with E-state index in [9.17, 15) is 4.21 Å². The van der Waals surface area contributed by atoms with Crippen molar-refractivity contribution in [3.63, 3.8) is 0 Å². The molecule has 0 aliphatic carbocycles. The second kappa shape index (κ2) is 9.41. The Hall–Kier alpha value is -2.81. The molecule has 0 aliphatic heterocycles. The molecule has 2 aromatic carbocycles. The van der Waals surface area contributed by atoms with Crippen LogP contribution in [-0.2, 0) is 17.7 Å². The van der Waals surface area contributed by atoms with E-state index in [4.69, 9.17) is 10.3 Å². The first kappa shape index (κ1) is 19.9. The van der Waals surface area contributed by atoms with Gasteiger partial charge < -0.3 is 11.1 Å². The van der Waals surface area contributed by atoms with Gasteiger partial charge >= 0.3 is 0 Å². The topological polar surface area (TPSA) is 113 Å². The van der Waals surface area contributed by atoms with Crippen LogP contribution < -0.4 is 15.8 Å². The first-order valence-electron chi connectivity index (χ1n) is 8.90. The number of hydrogen-bond donors (Lipinski definition) is 4. The van der Waals surface area contributed by atoms with Crippen LogP contribution in [0.25, 0.3) is 11.3 Å². The minimum Gasteiger partial charge on any atom is -0.399 e. The highest BCUT2D eigenvalue weighted by Gasteiger charge is 2.05. The standard InChI is InChI=1S/C20H23N5O2S/c1-14-7-8-18(11-15(14)5-3-9-24-28(26)27)25-20-12-19(22-13-23-20)16-4-2-6-17(21)10-16/h2,4,6-8,10-13,24H,3,5,9,21H2,1H3,(H,26,27)(H,22,23,25). The van der Waals surface area contributed by atoms with E-state index in [2.05, 4.69) is 39.1 Å². The monoisotopic (exact) mass is 397 g/mol. The number of hydrogen-bond acceptors (Lipinski definition) is 5. The summed E-state index contributed by atoms with van der Waals surface area (Å²) >= 11 is -1.96. The fraction of sp³-hybridized carbons (Fsp3) is 0.200. The zero-order chi connectivity index (χ0) is 19.9. The van der Waals surface area contributed by atoms with Crippen molar-refractivity contribution in [2.24, 2.45) is 0 Å². The van der Waals surface area contributed by atoms with Crippen molar-refractivity contribution >= 4 is 28.5 Å². The van der Waals surface area contributed by atoms with E-state index in [1.165, 1.54) is 17.5 Å². The molecule has 1 unspecified atom stereocenters. The maximum Gasteiger partial charge on any atom is 0.231 e. The first-order chi connectivity index (χ1) is 13.5. The Morgan fingerprint density at radius 3 is 2.79 bits per heavy atom. The summed E-state index contributed by atoms with van der Waals surface area (Å²) in [5, 5.41) is 3.32. The van der Waals surface area contributed by atoms with E-state index in [-0.39, 0.29) is 0 Å². The van der Waals surface area contributed by atoms with Crippen LogP contribution in [0.15, 0.2) is 54.9 Å². The van der Waals surface area contributed by atoms with Gasteiger partial charge in [-0.3, -0.25) is 4.55 Å². The molecule has 0 saturated carbocycles. The van der Waals surface area contributed by atoms with Gasteiger partial charge in [0, 0.05) is 29.5 Å². The van der Waals surface area contributed by atoms with Crippen LogP contribution in [0.2, 0.25) is 0 Å². The molecule has 28 heavy (non-hydrogen) atoms. The quantitative estimate of drug-likeness (QED) is 0.263. The SMILES string of the molecule is Cc1ccc(Nc2cc(-c3cccc(N)c3)ncn2)cc1CCCNS(=O)O. The number of nitrogens with two attached hydrogens (primary N) is 1. The highest BCUT2D eigenvalue weighted by molar-refractivity contribution is 7.77. The number of rotatable bonds is 8. The minimum atomic E-state index is -1.96. The number of nitrogens with zero attached hydrogens (tertiary/aromatic N) is 2. The lowest BCUT2D eigenvalue weighted by atomic mass is 10.0. The molecule has 0 bridgehead atoms. The van der Waals surface area contributed by atoms with E-state index in [1.807, 2.05) is 36.4 Å². The van der Waals surface area contributed by atoms with Gasteiger partial charge in [0.2, 0.25) is 11.3 Å². The smallest absolute Gasteiger partial charge is 0.231 e. The molecule has 3 aromatic rings. The van der Waals surface area contributed by atoms with Crippen LogP contribution in [0.5, 0.6) is 0 Å². The number of benzene rings is 2. The van der Waals surface area contributed by atoms with Crippen LogP contribution in [0, 0.1) is 6.92 Å². The molecule has 0 radical (unpaired) electrons. The Morgan fingerprint density at radius 1 is 1.14 bits per heavy atom. The zero-order valence-corrected chi connectivity index (χ0v) is 16.4. The molecule has 1 atom stereocenters. The van der Waals surface area contributed by atoms with E-state index in [0.29, 0.717) is 18.1 Å². The van der Waals surface area contributed by atoms with Crippen molar-refractivity contribution in [2.45, 2.75) is 19.8 Å². The Bertz CT molecular complexity index is 980. The maximum atomic E-state index is 10.7. The third-order valence-corrected chi connectivity index (χ3v) is 4.77. The van der Waals surface area contributed by atoms with Gasteiger partial charge in [0.15, 0.2) is 0 Å². The Balaban J connectivity index is 1.72. The average molecular weight is 398 g/mol. The molecule has 3 rings (SSSR count). The summed E-state index contributed by atoms with van der Waals surface area (Å²) in [6.45, 7) is 2.54. The number of aryl methyl sites for hydroxylation is 2. The predicted octanol–water partition coefficient (Wildman–Crippen LogP) is 3.44. The first-order valence-corrected chi connectivity index (χ1v) is 10.0. The fourth-order valence-corrected chi connectivity index (χ4v) is 3.21. The van der Waals surface area contributed by atoms with Gasteiger partial charge in [0.25, 0.3) is 0 Å². The molecule has 0 fully saturated rings. The molecule has 0 spiro atoms. The van der Waals surface area contributed by atoms with Gasteiger partial charge in [-0.2, -0.15) is 0 Å². The third kappa shape index (κ3) is 5.59. The summed E-state index contributed by atoms with van der Waals surface area (Å²) in [5.41, 5.74) is 11.6. The van der Waals surface area contributed by atoms with Crippen LogP contribution in [0.1, 0.15) is 17.5 Å². The summed E-state index contributed by atoms with van der Waals surface area (Å²) in [6, 6.07) is 15.6. The number of nitrogens with one attached hydrogen (secondary N) is 2. The predicted molar refractivity (Wildman–Crippen MR) is 113 cm³/mol. The molecule has 7 nitrogen and oxygen atoms in total. The Morgan fingerprint density at radius 2 is 2.00 bits per heavy atom. The van der Waals surface area contributed by atoms with Gasteiger partial charge in [-0.05, 0) is 55.2 Å². The van der Waals surface area contributed by atoms with E-state index < -0.39 is 11.3 Å². The lowest BCUT2D eigenvalue weighted by molar-refractivity contribution is 0.547. The van der Waals surface area contributed by atoms with Crippen molar-refractivity contribution in [1.82, 2.24) is 14.7 Å². The number of aromatic nitrogens is 2. The molecule has 0 saturated heterocycles. The Kier molecular flexibility index (Phi) is 6.70. The molecular formula is C20H23N5O2S. The Labute approximate surface area is 166 Å². The zero-order valence-electron chi connectivity index (χ0n) is 15.6. The van der Waals surface area contributed by atoms with Gasteiger partial charge in [-0.25, -0.2) is 18.9 Å². The summed E-state index contributed by atoms with van der Waals surface area (Å²) in [5.74, 6) is 0.694. The van der Waals surface area contributed by atoms with Crippen molar-refractivity contribution in [3.8, 4) is 11.3 Å². The van der Waals surface area contributed by atoms with Crippen molar-refractivity contribution < 1.29 is 8.76 Å². The van der Waals surface area contributed by atoms with Crippen molar-refractivity contribution in [2.75, 3.05) is 17.6 Å². The van der Waals surface area contributed by atoms with Crippen LogP contribution >= 0.6 is 0 Å². The van der Waals surface area contributed by atoms with E-state index in [1.54, 1.807) is 0 Å². The molecule has 1 heterocycles. The normalized spacial score (nSPS) is 11.9. The molecule has 1 aromatic heterocycles.